The highest BCUT2D eigenvalue weighted by Crippen LogP contribution is 2.22. The molecule has 0 unspecified atom stereocenters. The SMILES string of the molecule is COc1ccc2ccc(CCNC(=O)c3ccccc3)cc2c1. The fourth-order valence-electron chi connectivity index (χ4n) is 2.57. The van der Waals surface area contributed by atoms with E-state index >= 15 is 0 Å². The number of nitrogens with one attached hydrogen (secondary N) is 1. The van der Waals surface area contributed by atoms with Crippen LogP contribution < -0.4 is 10.1 Å². The maximum Gasteiger partial charge on any atom is 0.251 e. The van der Waals surface area contributed by atoms with Crippen molar-refractivity contribution in [3.8, 4) is 5.75 Å². The number of carbonyl (C=O) groups is 1. The van der Waals surface area contributed by atoms with Crippen molar-refractivity contribution in [3.05, 3.63) is 77.9 Å². The van der Waals surface area contributed by atoms with Gasteiger partial charge in [0.05, 0.1) is 7.11 Å². The third kappa shape index (κ3) is 3.69. The van der Waals surface area contributed by atoms with Gasteiger partial charge in [-0.15, -0.1) is 0 Å². The fourth-order valence-corrected chi connectivity index (χ4v) is 2.57. The van der Waals surface area contributed by atoms with Gasteiger partial charge in [-0.05, 0) is 47.0 Å². The second-order valence-electron chi connectivity index (χ2n) is 5.42. The van der Waals surface area contributed by atoms with Crippen LogP contribution in [0.5, 0.6) is 5.75 Å². The minimum atomic E-state index is -0.0342. The van der Waals surface area contributed by atoms with E-state index in [0.29, 0.717) is 12.1 Å². The summed E-state index contributed by atoms with van der Waals surface area (Å²) in [6.45, 7) is 0.614. The Balaban J connectivity index is 1.64. The van der Waals surface area contributed by atoms with Gasteiger partial charge in [0, 0.05) is 12.1 Å². The highest BCUT2D eigenvalue weighted by atomic mass is 16.5. The molecule has 0 saturated heterocycles. The third-order valence-corrected chi connectivity index (χ3v) is 3.85. The van der Waals surface area contributed by atoms with Gasteiger partial charge in [0.2, 0.25) is 0 Å². The Morgan fingerprint density at radius 3 is 2.52 bits per heavy atom. The van der Waals surface area contributed by atoms with Crippen LogP contribution in [-0.4, -0.2) is 19.6 Å². The molecule has 116 valence electrons. The molecular weight excluding hydrogens is 286 g/mol. The summed E-state index contributed by atoms with van der Waals surface area (Å²) in [5, 5.41) is 5.29. The van der Waals surface area contributed by atoms with Gasteiger partial charge in [-0.25, -0.2) is 0 Å². The van der Waals surface area contributed by atoms with Crippen molar-refractivity contribution in [1.29, 1.82) is 0 Å². The van der Waals surface area contributed by atoms with Crippen molar-refractivity contribution in [1.82, 2.24) is 5.32 Å². The molecule has 0 aliphatic carbocycles. The van der Waals surface area contributed by atoms with Crippen LogP contribution in [0.3, 0.4) is 0 Å². The number of hydrogen-bond acceptors (Lipinski definition) is 2. The van der Waals surface area contributed by atoms with Crippen molar-refractivity contribution in [2.24, 2.45) is 0 Å². The van der Waals surface area contributed by atoms with Crippen LogP contribution >= 0.6 is 0 Å². The Kier molecular flexibility index (Phi) is 4.57. The Labute approximate surface area is 135 Å². The zero-order chi connectivity index (χ0) is 16.1. The maximum atomic E-state index is 12.0. The van der Waals surface area contributed by atoms with Crippen molar-refractivity contribution >= 4 is 16.7 Å². The third-order valence-electron chi connectivity index (χ3n) is 3.85. The lowest BCUT2D eigenvalue weighted by Crippen LogP contribution is -2.25. The Bertz CT molecular complexity index is 812. The minimum absolute atomic E-state index is 0.0342. The number of ether oxygens (including phenoxy) is 1. The van der Waals surface area contributed by atoms with Crippen LogP contribution in [0.4, 0.5) is 0 Å². The lowest BCUT2D eigenvalue weighted by atomic mass is 10.0. The molecule has 3 heteroatoms. The first kappa shape index (κ1) is 15.1. The molecule has 3 aromatic rings. The summed E-state index contributed by atoms with van der Waals surface area (Å²) in [7, 11) is 1.67. The van der Waals surface area contributed by atoms with Gasteiger partial charge in [-0.3, -0.25) is 4.79 Å². The molecule has 0 aliphatic heterocycles. The summed E-state index contributed by atoms with van der Waals surface area (Å²) < 4.78 is 5.27. The van der Waals surface area contributed by atoms with Gasteiger partial charge < -0.3 is 10.1 Å². The average Bonchev–Trinajstić information content (AvgIpc) is 2.61. The van der Waals surface area contributed by atoms with E-state index in [1.54, 1.807) is 7.11 Å². The van der Waals surface area contributed by atoms with Gasteiger partial charge in [-0.1, -0.05) is 42.5 Å². The Hall–Kier alpha value is -2.81. The second-order valence-corrected chi connectivity index (χ2v) is 5.42. The van der Waals surface area contributed by atoms with Crippen molar-refractivity contribution < 1.29 is 9.53 Å². The molecule has 0 heterocycles. The number of benzene rings is 3. The van der Waals surface area contributed by atoms with E-state index in [-0.39, 0.29) is 5.91 Å². The number of methoxy groups -OCH3 is 1. The molecule has 3 rings (SSSR count). The smallest absolute Gasteiger partial charge is 0.251 e. The predicted octanol–water partition coefficient (Wildman–Crippen LogP) is 3.82. The quantitative estimate of drug-likeness (QED) is 0.778. The van der Waals surface area contributed by atoms with Gasteiger partial charge in [0.15, 0.2) is 0 Å². The summed E-state index contributed by atoms with van der Waals surface area (Å²) in [6.07, 6.45) is 0.797. The van der Waals surface area contributed by atoms with Crippen LogP contribution in [-0.2, 0) is 6.42 Å². The Morgan fingerprint density at radius 2 is 1.74 bits per heavy atom. The number of amides is 1. The van der Waals surface area contributed by atoms with Crippen LogP contribution in [0.1, 0.15) is 15.9 Å². The van der Waals surface area contributed by atoms with E-state index in [1.165, 1.54) is 10.9 Å². The van der Waals surface area contributed by atoms with Crippen LogP contribution in [0.25, 0.3) is 10.8 Å². The molecule has 0 spiro atoms. The molecular formula is C20H19NO2. The summed E-state index contributed by atoms with van der Waals surface area (Å²) >= 11 is 0. The molecule has 0 aliphatic rings. The number of rotatable bonds is 5. The molecule has 3 nitrogen and oxygen atoms in total. The van der Waals surface area contributed by atoms with Crippen LogP contribution in [0, 0.1) is 0 Å². The normalized spacial score (nSPS) is 10.5. The van der Waals surface area contributed by atoms with E-state index in [4.69, 9.17) is 4.74 Å². The molecule has 1 N–H and O–H groups in total. The van der Waals surface area contributed by atoms with E-state index in [2.05, 4.69) is 29.6 Å². The predicted molar refractivity (Wildman–Crippen MR) is 93.0 cm³/mol. The first-order valence-corrected chi connectivity index (χ1v) is 7.66. The molecule has 23 heavy (non-hydrogen) atoms. The lowest BCUT2D eigenvalue weighted by Gasteiger charge is -2.07. The monoisotopic (exact) mass is 305 g/mol. The topological polar surface area (TPSA) is 38.3 Å². The largest absolute Gasteiger partial charge is 0.497 e. The van der Waals surface area contributed by atoms with Gasteiger partial charge >= 0.3 is 0 Å². The number of fused-ring (bicyclic) bond motifs is 1. The maximum absolute atomic E-state index is 12.0. The van der Waals surface area contributed by atoms with Crippen molar-refractivity contribution in [2.45, 2.75) is 6.42 Å². The van der Waals surface area contributed by atoms with E-state index in [0.717, 1.165) is 17.6 Å². The fraction of sp³-hybridized carbons (Fsp3) is 0.150. The first-order valence-electron chi connectivity index (χ1n) is 7.66. The molecule has 0 radical (unpaired) electrons. The van der Waals surface area contributed by atoms with E-state index in [9.17, 15) is 4.79 Å². The summed E-state index contributed by atoms with van der Waals surface area (Å²) in [6, 6.07) is 21.7. The number of hydrogen-bond donors (Lipinski definition) is 1. The summed E-state index contributed by atoms with van der Waals surface area (Å²) in [4.78, 5) is 12.0. The van der Waals surface area contributed by atoms with E-state index in [1.807, 2.05) is 42.5 Å². The standard InChI is InChI=1S/C20H19NO2/c1-23-19-10-9-16-8-7-15(13-18(16)14-19)11-12-21-20(22)17-5-3-2-4-6-17/h2-10,13-14H,11-12H2,1H3,(H,21,22). The van der Waals surface area contributed by atoms with E-state index < -0.39 is 0 Å². The van der Waals surface area contributed by atoms with Gasteiger partial charge in [0.25, 0.3) is 5.91 Å². The molecule has 0 atom stereocenters. The van der Waals surface area contributed by atoms with Crippen LogP contribution in [0.15, 0.2) is 66.7 Å². The highest BCUT2D eigenvalue weighted by molar-refractivity contribution is 5.94. The molecule has 1 amide bonds. The summed E-state index contributed by atoms with van der Waals surface area (Å²) in [5.41, 5.74) is 1.88. The molecule has 0 saturated carbocycles. The minimum Gasteiger partial charge on any atom is -0.497 e. The zero-order valence-corrected chi connectivity index (χ0v) is 13.1. The Morgan fingerprint density at radius 1 is 0.957 bits per heavy atom. The second kappa shape index (κ2) is 6.97. The average molecular weight is 305 g/mol. The van der Waals surface area contributed by atoms with Crippen molar-refractivity contribution in [3.63, 3.8) is 0 Å². The zero-order valence-electron chi connectivity index (χ0n) is 13.1. The van der Waals surface area contributed by atoms with Crippen molar-refractivity contribution in [2.75, 3.05) is 13.7 Å². The summed E-state index contributed by atoms with van der Waals surface area (Å²) in [5.74, 6) is 0.820. The van der Waals surface area contributed by atoms with Gasteiger partial charge in [0.1, 0.15) is 5.75 Å². The molecule has 3 aromatic carbocycles. The lowest BCUT2D eigenvalue weighted by molar-refractivity contribution is 0.0954. The van der Waals surface area contributed by atoms with Crippen LogP contribution in [0.2, 0.25) is 0 Å². The molecule has 0 bridgehead atoms. The number of carbonyl (C=O) groups excluding carboxylic acids is 1. The molecule has 0 fully saturated rings. The first-order chi connectivity index (χ1) is 11.3. The highest BCUT2D eigenvalue weighted by Gasteiger charge is 2.04. The molecule has 0 aromatic heterocycles. The van der Waals surface area contributed by atoms with Gasteiger partial charge in [-0.2, -0.15) is 0 Å².